The van der Waals surface area contributed by atoms with Gasteiger partial charge in [-0.3, -0.25) is 9.78 Å². The molecule has 0 aliphatic carbocycles. The lowest BCUT2D eigenvalue weighted by Gasteiger charge is -2.24. The third-order valence-electron chi connectivity index (χ3n) is 5.09. The minimum Gasteiger partial charge on any atom is -0.342 e. The zero-order chi connectivity index (χ0) is 18.7. The molecule has 1 aliphatic heterocycles. The number of hydrogen-bond acceptors (Lipinski definition) is 5. The first-order valence-corrected chi connectivity index (χ1v) is 9.34. The molecule has 0 bridgehead atoms. The van der Waals surface area contributed by atoms with E-state index in [9.17, 15) is 4.79 Å². The number of hydrogen-bond donors (Lipinski definition) is 2. The molecule has 3 rings (SSSR count). The third-order valence-corrected chi connectivity index (χ3v) is 5.09. The van der Waals surface area contributed by atoms with Gasteiger partial charge in [-0.25, -0.2) is 4.68 Å². The van der Waals surface area contributed by atoms with Crippen molar-refractivity contribution < 1.29 is 4.79 Å². The molecule has 0 radical (unpaired) electrons. The summed E-state index contributed by atoms with van der Waals surface area (Å²) in [6.45, 7) is 10.0. The molecule has 2 aromatic rings. The van der Waals surface area contributed by atoms with Crippen molar-refractivity contribution in [3.8, 4) is 0 Å². The smallest absolute Gasteiger partial charge is 0.274 e. The second kappa shape index (κ2) is 7.95. The van der Waals surface area contributed by atoms with Crippen LogP contribution in [0.2, 0.25) is 0 Å². The highest BCUT2D eigenvalue weighted by atomic mass is 16.2. The first-order chi connectivity index (χ1) is 12.5. The molecular formula is C19H28N6O. The number of nitrogens with zero attached hydrogens (tertiary/aromatic N) is 4. The van der Waals surface area contributed by atoms with E-state index in [0.29, 0.717) is 11.7 Å². The Hall–Kier alpha value is -2.28. The van der Waals surface area contributed by atoms with Crippen LogP contribution < -0.4 is 10.6 Å². The van der Waals surface area contributed by atoms with Crippen molar-refractivity contribution in [1.29, 1.82) is 0 Å². The molecule has 3 heterocycles. The number of carbonyl (C=O) groups is 1. The normalized spacial score (nSPS) is 16.7. The van der Waals surface area contributed by atoms with Crippen LogP contribution in [-0.4, -0.2) is 39.0 Å². The lowest BCUT2D eigenvalue weighted by Crippen LogP contribution is -2.33. The van der Waals surface area contributed by atoms with E-state index in [0.717, 1.165) is 42.9 Å². The van der Waals surface area contributed by atoms with Crippen molar-refractivity contribution in [2.45, 2.75) is 52.6 Å². The fourth-order valence-corrected chi connectivity index (χ4v) is 3.53. The van der Waals surface area contributed by atoms with Crippen LogP contribution in [0.4, 0.5) is 0 Å². The standard InChI is InChI=1S/C19H28N6O/c1-12(2)16(17-13(3)6-5-9-21-17)22-19(26)18-14(4)25(24-23-18)15-7-10-20-11-8-15/h5-6,9,12,15-16,20H,7-8,10-11H2,1-4H3,(H,22,26). The van der Waals surface area contributed by atoms with Crippen LogP contribution in [0.15, 0.2) is 18.3 Å². The van der Waals surface area contributed by atoms with E-state index in [4.69, 9.17) is 0 Å². The van der Waals surface area contributed by atoms with Crippen molar-refractivity contribution >= 4 is 5.91 Å². The summed E-state index contributed by atoms with van der Waals surface area (Å²) in [7, 11) is 0. The van der Waals surface area contributed by atoms with Crippen LogP contribution in [0.25, 0.3) is 0 Å². The highest BCUT2D eigenvalue weighted by molar-refractivity contribution is 5.93. The van der Waals surface area contributed by atoms with Gasteiger partial charge in [0.05, 0.1) is 23.5 Å². The average molecular weight is 356 g/mol. The van der Waals surface area contributed by atoms with Gasteiger partial charge in [0.15, 0.2) is 5.69 Å². The number of rotatable bonds is 5. The first kappa shape index (κ1) is 18.5. The summed E-state index contributed by atoms with van der Waals surface area (Å²) in [5.74, 6) is 0.0266. The first-order valence-electron chi connectivity index (χ1n) is 9.34. The highest BCUT2D eigenvalue weighted by Crippen LogP contribution is 2.24. The van der Waals surface area contributed by atoms with Gasteiger partial charge in [-0.05, 0) is 57.3 Å². The van der Waals surface area contributed by atoms with E-state index in [1.54, 1.807) is 6.20 Å². The lowest BCUT2D eigenvalue weighted by molar-refractivity contribution is 0.0918. The monoisotopic (exact) mass is 356 g/mol. The summed E-state index contributed by atoms with van der Waals surface area (Å²) < 4.78 is 1.91. The summed E-state index contributed by atoms with van der Waals surface area (Å²) in [5.41, 5.74) is 3.21. The van der Waals surface area contributed by atoms with Crippen molar-refractivity contribution in [1.82, 2.24) is 30.6 Å². The molecule has 1 aliphatic rings. The molecule has 1 amide bonds. The van der Waals surface area contributed by atoms with Gasteiger partial charge < -0.3 is 10.6 Å². The average Bonchev–Trinajstić information content (AvgIpc) is 3.02. The predicted octanol–water partition coefficient (Wildman–Crippen LogP) is 2.34. The van der Waals surface area contributed by atoms with Crippen LogP contribution in [0.3, 0.4) is 0 Å². The Kier molecular flexibility index (Phi) is 5.66. The number of pyridine rings is 1. The Labute approximate surface area is 154 Å². The molecule has 0 aromatic carbocycles. The molecule has 26 heavy (non-hydrogen) atoms. The number of aromatic nitrogens is 4. The molecular weight excluding hydrogens is 328 g/mol. The zero-order valence-electron chi connectivity index (χ0n) is 16.0. The molecule has 1 unspecified atom stereocenters. The number of amides is 1. The highest BCUT2D eigenvalue weighted by Gasteiger charge is 2.26. The number of nitrogens with one attached hydrogen (secondary N) is 2. The van der Waals surface area contributed by atoms with Crippen LogP contribution in [0.1, 0.15) is 66.2 Å². The molecule has 140 valence electrons. The Morgan fingerprint density at radius 3 is 2.69 bits per heavy atom. The van der Waals surface area contributed by atoms with Crippen molar-refractivity contribution in [3.05, 3.63) is 41.0 Å². The van der Waals surface area contributed by atoms with Gasteiger partial charge in [-0.1, -0.05) is 25.1 Å². The molecule has 0 spiro atoms. The van der Waals surface area contributed by atoms with Gasteiger partial charge in [0.25, 0.3) is 5.91 Å². The molecule has 1 atom stereocenters. The van der Waals surface area contributed by atoms with E-state index < -0.39 is 0 Å². The molecule has 7 nitrogen and oxygen atoms in total. The fraction of sp³-hybridized carbons (Fsp3) is 0.579. The van der Waals surface area contributed by atoms with Crippen LogP contribution in [-0.2, 0) is 0 Å². The van der Waals surface area contributed by atoms with Gasteiger partial charge in [0.1, 0.15) is 0 Å². The minimum atomic E-state index is -0.188. The fourth-order valence-electron chi connectivity index (χ4n) is 3.53. The summed E-state index contributed by atoms with van der Waals surface area (Å²) in [5, 5.41) is 14.9. The Morgan fingerprint density at radius 2 is 2.04 bits per heavy atom. The maximum atomic E-state index is 12.9. The van der Waals surface area contributed by atoms with Crippen LogP contribution >= 0.6 is 0 Å². The number of aryl methyl sites for hydroxylation is 1. The summed E-state index contributed by atoms with van der Waals surface area (Å²) in [4.78, 5) is 17.4. The van der Waals surface area contributed by atoms with Crippen molar-refractivity contribution in [3.63, 3.8) is 0 Å². The second-order valence-electron chi connectivity index (χ2n) is 7.35. The van der Waals surface area contributed by atoms with Crippen LogP contribution in [0.5, 0.6) is 0 Å². The van der Waals surface area contributed by atoms with E-state index in [1.807, 2.05) is 30.7 Å². The van der Waals surface area contributed by atoms with E-state index in [1.165, 1.54) is 0 Å². The Bertz CT molecular complexity index is 763. The van der Waals surface area contributed by atoms with Crippen molar-refractivity contribution in [2.75, 3.05) is 13.1 Å². The summed E-state index contributed by atoms with van der Waals surface area (Å²) >= 11 is 0. The van der Waals surface area contributed by atoms with Gasteiger partial charge >= 0.3 is 0 Å². The molecule has 7 heteroatoms. The molecule has 2 N–H and O–H groups in total. The summed E-state index contributed by atoms with van der Waals surface area (Å²) in [6, 6.07) is 4.08. The maximum absolute atomic E-state index is 12.9. The van der Waals surface area contributed by atoms with E-state index >= 15 is 0 Å². The van der Waals surface area contributed by atoms with Gasteiger partial charge in [-0.2, -0.15) is 0 Å². The summed E-state index contributed by atoms with van der Waals surface area (Å²) in [6.07, 6.45) is 3.78. The van der Waals surface area contributed by atoms with Crippen molar-refractivity contribution in [2.24, 2.45) is 5.92 Å². The van der Waals surface area contributed by atoms with E-state index in [-0.39, 0.29) is 17.9 Å². The van der Waals surface area contributed by atoms with Crippen LogP contribution in [0, 0.1) is 19.8 Å². The topological polar surface area (TPSA) is 84.7 Å². The second-order valence-corrected chi connectivity index (χ2v) is 7.35. The van der Waals surface area contributed by atoms with Gasteiger partial charge in [0, 0.05) is 6.20 Å². The largest absolute Gasteiger partial charge is 0.342 e. The maximum Gasteiger partial charge on any atom is 0.274 e. The quantitative estimate of drug-likeness (QED) is 0.859. The Balaban J connectivity index is 1.80. The molecule has 1 fully saturated rings. The van der Waals surface area contributed by atoms with Gasteiger partial charge in [0.2, 0.25) is 0 Å². The molecule has 2 aromatic heterocycles. The lowest BCUT2D eigenvalue weighted by atomic mass is 9.97. The van der Waals surface area contributed by atoms with Gasteiger partial charge in [-0.15, -0.1) is 5.10 Å². The SMILES string of the molecule is Cc1cccnc1C(NC(=O)c1nnn(C2CCNCC2)c1C)C(C)C. The number of piperidine rings is 1. The molecule has 0 saturated carbocycles. The predicted molar refractivity (Wildman–Crippen MR) is 99.9 cm³/mol. The third kappa shape index (κ3) is 3.77. The minimum absolute atomic E-state index is 0.160. The number of carbonyl (C=O) groups excluding carboxylic acids is 1. The zero-order valence-corrected chi connectivity index (χ0v) is 16.0. The Morgan fingerprint density at radius 1 is 1.31 bits per heavy atom. The van der Waals surface area contributed by atoms with E-state index in [2.05, 4.69) is 39.8 Å². The molecule has 1 saturated heterocycles.